The van der Waals surface area contributed by atoms with Gasteiger partial charge in [-0.1, -0.05) is 18.5 Å². The Balaban J connectivity index is 1.94. The van der Waals surface area contributed by atoms with Crippen molar-refractivity contribution in [3.8, 4) is 0 Å². The van der Waals surface area contributed by atoms with Crippen LogP contribution in [0.2, 0.25) is 5.02 Å². The summed E-state index contributed by atoms with van der Waals surface area (Å²) in [5.41, 5.74) is 0. The maximum atomic E-state index is 5.83. The summed E-state index contributed by atoms with van der Waals surface area (Å²) in [5, 5.41) is 1.98. The average molecular weight is 270 g/mol. The van der Waals surface area contributed by atoms with Crippen LogP contribution in [0.25, 0.3) is 0 Å². The van der Waals surface area contributed by atoms with E-state index in [2.05, 4.69) is 11.9 Å². The van der Waals surface area contributed by atoms with Crippen LogP contribution in [0.5, 0.6) is 0 Å². The number of aryl methyl sites for hydroxylation is 1. The van der Waals surface area contributed by atoms with Crippen LogP contribution in [-0.4, -0.2) is 4.98 Å². The van der Waals surface area contributed by atoms with E-state index in [-0.39, 0.29) is 0 Å². The van der Waals surface area contributed by atoms with Gasteiger partial charge in [-0.15, -0.1) is 23.1 Å². The molecule has 0 saturated heterocycles. The van der Waals surface area contributed by atoms with Crippen molar-refractivity contribution < 1.29 is 0 Å². The lowest BCUT2D eigenvalue weighted by atomic mass is 10.4. The lowest BCUT2D eigenvalue weighted by Crippen LogP contribution is -1.77. The lowest BCUT2D eigenvalue weighted by Gasteiger charge is -1.98. The Morgan fingerprint density at radius 2 is 2.06 bits per heavy atom. The highest BCUT2D eigenvalue weighted by molar-refractivity contribution is 7.98. The molecule has 0 N–H and O–H groups in total. The zero-order valence-electron chi connectivity index (χ0n) is 8.94. The molecule has 0 aliphatic carbocycles. The number of aromatic nitrogens is 1. The molecule has 0 aliphatic heterocycles. The number of hydrogen-bond donors (Lipinski definition) is 0. The molecule has 2 aromatic rings. The summed E-state index contributed by atoms with van der Waals surface area (Å²) < 4.78 is 0. The number of hydrogen-bond acceptors (Lipinski definition) is 3. The van der Waals surface area contributed by atoms with Gasteiger partial charge in [-0.05, 0) is 30.7 Å². The smallest absolute Gasteiger partial charge is 0.103 e. The van der Waals surface area contributed by atoms with Gasteiger partial charge in [0, 0.05) is 21.0 Å². The minimum atomic E-state index is 0.784. The van der Waals surface area contributed by atoms with Crippen molar-refractivity contribution in [1.29, 1.82) is 0 Å². The van der Waals surface area contributed by atoms with Crippen molar-refractivity contribution in [3.05, 3.63) is 45.4 Å². The molecule has 16 heavy (non-hydrogen) atoms. The Morgan fingerprint density at radius 1 is 1.31 bits per heavy atom. The molecule has 1 nitrogen and oxygen atoms in total. The Hall–Kier alpha value is -0.510. The first-order valence-electron chi connectivity index (χ1n) is 5.10. The van der Waals surface area contributed by atoms with Gasteiger partial charge in [0.2, 0.25) is 0 Å². The normalized spacial score (nSPS) is 10.6. The summed E-state index contributed by atoms with van der Waals surface area (Å²) >= 11 is 9.42. The Labute approximate surface area is 109 Å². The molecule has 0 saturated carbocycles. The van der Waals surface area contributed by atoms with E-state index in [4.69, 9.17) is 11.6 Å². The molecule has 0 spiro atoms. The molecule has 4 heteroatoms. The third-order valence-corrected chi connectivity index (χ3v) is 4.73. The predicted molar refractivity (Wildman–Crippen MR) is 72.5 cm³/mol. The predicted octanol–water partition coefficient (Wildman–Crippen LogP) is 4.65. The Bertz CT molecular complexity index is 450. The summed E-state index contributed by atoms with van der Waals surface area (Å²) in [6.45, 7) is 2.16. The van der Waals surface area contributed by atoms with Gasteiger partial charge in [-0.3, -0.25) is 0 Å². The summed E-state index contributed by atoms with van der Waals surface area (Å²) in [6.07, 6.45) is 3.05. The van der Waals surface area contributed by atoms with Crippen LogP contribution in [0, 0.1) is 0 Å². The molecule has 0 aliphatic rings. The molecule has 1 aromatic heterocycles. The van der Waals surface area contributed by atoms with Crippen molar-refractivity contribution >= 4 is 34.7 Å². The van der Waals surface area contributed by atoms with Crippen LogP contribution in [0.3, 0.4) is 0 Å². The van der Waals surface area contributed by atoms with Gasteiger partial charge >= 0.3 is 0 Å². The maximum absolute atomic E-state index is 5.83. The second-order valence-corrected chi connectivity index (χ2v) is 6.00. The molecular formula is C12H12ClNS2. The molecule has 84 valence electrons. The minimum absolute atomic E-state index is 0.784. The summed E-state index contributed by atoms with van der Waals surface area (Å²) in [4.78, 5) is 6.98. The van der Waals surface area contributed by atoms with Crippen LogP contribution in [0.4, 0.5) is 0 Å². The van der Waals surface area contributed by atoms with Crippen LogP contribution in [-0.2, 0) is 12.2 Å². The molecule has 0 amide bonds. The van der Waals surface area contributed by atoms with E-state index < -0.39 is 0 Å². The quantitative estimate of drug-likeness (QED) is 0.750. The van der Waals surface area contributed by atoms with Crippen LogP contribution < -0.4 is 0 Å². The second-order valence-electron chi connectivity index (χ2n) is 3.32. The number of rotatable bonds is 4. The average Bonchev–Trinajstić information content (AvgIpc) is 2.76. The van der Waals surface area contributed by atoms with E-state index in [1.54, 1.807) is 23.1 Å². The fourth-order valence-corrected chi connectivity index (χ4v) is 3.14. The molecule has 2 rings (SSSR count). The standard InChI is InChI=1S/C12H12ClNS2/c1-2-10-7-14-12(16-10)8-15-11-5-3-9(13)4-6-11/h3-7H,2,8H2,1H3. The van der Waals surface area contributed by atoms with E-state index in [9.17, 15) is 0 Å². The second kappa shape index (κ2) is 5.71. The zero-order valence-corrected chi connectivity index (χ0v) is 11.3. The van der Waals surface area contributed by atoms with Gasteiger partial charge in [0.25, 0.3) is 0 Å². The van der Waals surface area contributed by atoms with Gasteiger partial charge in [-0.2, -0.15) is 0 Å². The fraction of sp³-hybridized carbons (Fsp3) is 0.250. The molecule has 0 bridgehead atoms. The van der Waals surface area contributed by atoms with E-state index in [1.807, 2.05) is 30.5 Å². The monoisotopic (exact) mass is 269 g/mol. The number of thiazole rings is 1. The number of nitrogens with zero attached hydrogens (tertiary/aromatic N) is 1. The van der Waals surface area contributed by atoms with Crippen molar-refractivity contribution in [2.24, 2.45) is 0 Å². The molecule has 1 heterocycles. The number of halogens is 1. The third kappa shape index (κ3) is 3.24. The number of thioether (sulfide) groups is 1. The minimum Gasteiger partial charge on any atom is -0.249 e. The lowest BCUT2D eigenvalue weighted by molar-refractivity contribution is 1.16. The zero-order chi connectivity index (χ0) is 11.4. The van der Waals surface area contributed by atoms with E-state index in [1.165, 1.54) is 14.8 Å². The van der Waals surface area contributed by atoms with Gasteiger partial charge in [0.05, 0.1) is 5.75 Å². The highest BCUT2D eigenvalue weighted by Gasteiger charge is 2.01. The van der Waals surface area contributed by atoms with Crippen molar-refractivity contribution in [2.45, 2.75) is 24.0 Å². The van der Waals surface area contributed by atoms with Crippen molar-refractivity contribution in [1.82, 2.24) is 4.98 Å². The van der Waals surface area contributed by atoms with Crippen LogP contribution in [0.1, 0.15) is 16.8 Å². The molecule has 0 atom stereocenters. The molecule has 0 unspecified atom stereocenters. The third-order valence-electron chi connectivity index (χ3n) is 2.13. The van der Waals surface area contributed by atoms with Gasteiger partial charge in [-0.25, -0.2) is 4.98 Å². The first-order valence-corrected chi connectivity index (χ1v) is 7.28. The van der Waals surface area contributed by atoms with Crippen molar-refractivity contribution in [3.63, 3.8) is 0 Å². The molecule has 0 fully saturated rings. The molecule has 0 radical (unpaired) electrons. The Morgan fingerprint density at radius 3 is 2.69 bits per heavy atom. The fourth-order valence-electron chi connectivity index (χ4n) is 1.25. The summed E-state index contributed by atoms with van der Waals surface area (Å²) in [7, 11) is 0. The summed E-state index contributed by atoms with van der Waals surface area (Å²) in [5.74, 6) is 0.937. The van der Waals surface area contributed by atoms with Crippen LogP contribution in [0.15, 0.2) is 35.4 Å². The Kier molecular flexibility index (Phi) is 4.27. The first-order chi connectivity index (χ1) is 7.78. The first kappa shape index (κ1) is 12.0. The van der Waals surface area contributed by atoms with Gasteiger partial charge in [0.15, 0.2) is 0 Å². The molecule has 1 aromatic carbocycles. The van der Waals surface area contributed by atoms with Gasteiger partial charge < -0.3 is 0 Å². The van der Waals surface area contributed by atoms with Gasteiger partial charge in [0.1, 0.15) is 5.01 Å². The maximum Gasteiger partial charge on any atom is 0.103 e. The van der Waals surface area contributed by atoms with Crippen LogP contribution >= 0.6 is 34.7 Å². The highest BCUT2D eigenvalue weighted by Crippen LogP contribution is 2.26. The van der Waals surface area contributed by atoms with Crippen molar-refractivity contribution in [2.75, 3.05) is 0 Å². The van der Waals surface area contributed by atoms with E-state index in [0.29, 0.717) is 0 Å². The topological polar surface area (TPSA) is 12.9 Å². The number of benzene rings is 1. The molecular weight excluding hydrogens is 258 g/mol. The van der Waals surface area contributed by atoms with E-state index in [0.717, 1.165) is 17.2 Å². The largest absolute Gasteiger partial charge is 0.249 e. The highest BCUT2D eigenvalue weighted by atomic mass is 35.5. The van der Waals surface area contributed by atoms with E-state index >= 15 is 0 Å². The summed E-state index contributed by atoms with van der Waals surface area (Å²) in [6, 6.07) is 7.93. The SMILES string of the molecule is CCc1cnc(CSc2ccc(Cl)cc2)s1.